The van der Waals surface area contributed by atoms with E-state index in [0.717, 1.165) is 71.4 Å². The van der Waals surface area contributed by atoms with Crippen molar-refractivity contribution in [2.45, 2.75) is 57.8 Å². The van der Waals surface area contributed by atoms with Crippen molar-refractivity contribution in [1.82, 2.24) is 15.1 Å². The van der Waals surface area contributed by atoms with Gasteiger partial charge in [-0.3, -0.25) is 4.90 Å². The highest BCUT2D eigenvalue weighted by atomic mass is 16.5. The summed E-state index contributed by atoms with van der Waals surface area (Å²) in [6, 6.07) is 10.7. The van der Waals surface area contributed by atoms with Crippen LogP contribution in [0.3, 0.4) is 0 Å². The minimum absolute atomic E-state index is 0.0502. The van der Waals surface area contributed by atoms with Crippen LogP contribution >= 0.6 is 0 Å². The average molecular weight is 404 g/mol. The van der Waals surface area contributed by atoms with Gasteiger partial charge in [0.2, 0.25) is 0 Å². The zero-order valence-electron chi connectivity index (χ0n) is 17.9. The van der Waals surface area contributed by atoms with Gasteiger partial charge in [-0.15, -0.1) is 0 Å². The van der Waals surface area contributed by atoms with E-state index in [1.54, 1.807) is 0 Å². The predicted octanol–water partition coefficient (Wildman–Crippen LogP) is 3.27. The Kier molecular flexibility index (Phi) is 9.25. The topological polar surface area (TPSA) is 54.0 Å². The number of piperidine rings is 2. The Morgan fingerprint density at radius 1 is 1.03 bits per heavy atom. The Morgan fingerprint density at radius 2 is 1.69 bits per heavy atom. The molecule has 2 aliphatic rings. The number of benzene rings is 1. The number of nitrogens with one attached hydrogen (secondary N) is 1. The molecule has 2 saturated heterocycles. The molecule has 162 valence electrons. The number of carbonyl (C=O) groups is 1. The van der Waals surface area contributed by atoms with Crippen molar-refractivity contribution in [3.8, 4) is 0 Å². The number of carbonyl (C=O) groups excluding carboxylic acids is 1. The van der Waals surface area contributed by atoms with Crippen molar-refractivity contribution >= 4 is 6.03 Å². The number of nitrogens with zero attached hydrogens (tertiary/aromatic N) is 2. The highest BCUT2D eigenvalue weighted by molar-refractivity contribution is 5.74. The van der Waals surface area contributed by atoms with Crippen molar-refractivity contribution in [2.75, 3.05) is 45.9 Å². The number of ether oxygens (including phenoxy) is 2. The standard InChI is InChI=1S/C23H37N3O3/c1-2-28-18-6-13-24-23(27)26-16-11-22(12-17-26)29-21-9-14-25(15-10-21)19-20-7-4-3-5-8-20/h3-5,7-8,21-22H,2,6,9-19H2,1H3,(H,24,27). The van der Waals surface area contributed by atoms with Gasteiger partial charge in [-0.1, -0.05) is 30.3 Å². The van der Waals surface area contributed by atoms with Gasteiger partial charge in [0.25, 0.3) is 0 Å². The molecule has 0 radical (unpaired) electrons. The lowest BCUT2D eigenvalue weighted by molar-refractivity contribution is -0.0619. The van der Waals surface area contributed by atoms with Gasteiger partial charge in [-0.25, -0.2) is 4.79 Å². The molecule has 2 aliphatic heterocycles. The Morgan fingerprint density at radius 3 is 2.34 bits per heavy atom. The number of urea groups is 1. The summed E-state index contributed by atoms with van der Waals surface area (Å²) < 4.78 is 11.7. The van der Waals surface area contributed by atoms with Gasteiger partial charge in [-0.2, -0.15) is 0 Å². The zero-order valence-corrected chi connectivity index (χ0v) is 17.9. The van der Waals surface area contributed by atoms with E-state index in [2.05, 4.69) is 40.5 Å². The van der Waals surface area contributed by atoms with Crippen molar-refractivity contribution in [3.05, 3.63) is 35.9 Å². The first-order valence-corrected chi connectivity index (χ1v) is 11.3. The number of amides is 2. The zero-order chi connectivity index (χ0) is 20.3. The number of rotatable bonds is 9. The molecule has 0 unspecified atom stereocenters. The minimum atomic E-state index is 0.0502. The third kappa shape index (κ3) is 7.61. The summed E-state index contributed by atoms with van der Waals surface area (Å²) >= 11 is 0. The molecule has 1 aromatic carbocycles. The third-order valence-corrected chi connectivity index (χ3v) is 5.84. The van der Waals surface area contributed by atoms with Gasteiger partial charge < -0.3 is 19.7 Å². The molecule has 0 saturated carbocycles. The molecule has 1 N–H and O–H groups in total. The monoisotopic (exact) mass is 403 g/mol. The summed E-state index contributed by atoms with van der Waals surface area (Å²) in [7, 11) is 0. The Hall–Kier alpha value is -1.63. The quantitative estimate of drug-likeness (QED) is 0.643. The van der Waals surface area contributed by atoms with E-state index in [4.69, 9.17) is 9.47 Å². The van der Waals surface area contributed by atoms with Crippen LogP contribution in [-0.2, 0) is 16.0 Å². The molecule has 0 aromatic heterocycles. The molecular weight excluding hydrogens is 366 g/mol. The average Bonchev–Trinajstić information content (AvgIpc) is 2.76. The fourth-order valence-corrected chi connectivity index (χ4v) is 4.14. The normalized spacial score (nSPS) is 19.4. The van der Waals surface area contributed by atoms with Crippen molar-refractivity contribution in [2.24, 2.45) is 0 Å². The predicted molar refractivity (Wildman–Crippen MR) is 115 cm³/mol. The minimum Gasteiger partial charge on any atom is -0.382 e. The fraction of sp³-hybridized carbons (Fsp3) is 0.696. The first kappa shape index (κ1) is 22.1. The lowest BCUT2D eigenvalue weighted by Gasteiger charge is -2.37. The second kappa shape index (κ2) is 12.2. The van der Waals surface area contributed by atoms with Crippen LogP contribution < -0.4 is 5.32 Å². The van der Waals surface area contributed by atoms with Crippen LogP contribution in [0.5, 0.6) is 0 Å². The van der Waals surface area contributed by atoms with E-state index in [9.17, 15) is 4.79 Å². The largest absolute Gasteiger partial charge is 0.382 e. The maximum absolute atomic E-state index is 12.2. The van der Waals surface area contributed by atoms with Crippen LogP contribution in [-0.4, -0.2) is 74.0 Å². The molecule has 6 heteroatoms. The molecule has 3 rings (SSSR count). The summed E-state index contributed by atoms with van der Waals surface area (Å²) in [5, 5.41) is 2.99. The first-order chi connectivity index (χ1) is 14.2. The summed E-state index contributed by atoms with van der Waals surface area (Å²) in [4.78, 5) is 16.7. The highest BCUT2D eigenvalue weighted by Gasteiger charge is 2.27. The van der Waals surface area contributed by atoms with E-state index in [0.29, 0.717) is 25.4 Å². The first-order valence-electron chi connectivity index (χ1n) is 11.3. The molecule has 1 aromatic rings. The van der Waals surface area contributed by atoms with Gasteiger partial charge in [0.1, 0.15) is 0 Å². The van der Waals surface area contributed by atoms with Crippen molar-refractivity contribution < 1.29 is 14.3 Å². The van der Waals surface area contributed by atoms with Gasteiger partial charge >= 0.3 is 6.03 Å². The number of hydrogen-bond donors (Lipinski definition) is 1. The summed E-state index contributed by atoms with van der Waals surface area (Å²) in [6.45, 7) is 8.90. The van der Waals surface area contributed by atoms with E-state index in [-0.39, 0.29) is 6.03 Å². The molecule has 2 amide bonds. The van der Waals surface area contributed by atoms with E-state index >= 15 is 0 Å². The molecule has 0 atom stereocenters. The van der Waals surface area contributed by atoms with Crippen molar-refractivity contribution in [3.63, 3.8) is 0 Å². The van der Waals surface area contributed by atoms with E-state index in [1.807, 2.05) is 11.8 Å². The second-order valence-corrected chi connectivity index (χ2v) is 8.07. The highest BCUT2D eigenvalue weighted by Crippen LogP contribution is 2.22. The second-order valence-electron chi connectivity index (χ2n) is 8.07. The van der Waals surface area contributed by atoms with Crippen LogP contribution in [0.1, 0.15) is 44.6 Å². The summed E-state index contributed by atoms with van der Waals surface area (Å²) in [6.07, 6.45) is 5.62. The Balaban J connectivity index is 1.28. The van der Waals surface area contributed by atoms with Gasteiger partial charge in [0, 0.05) is 52.5 Å². The maximum atomic E-state index is 12.2. The van der Waals surface area contributed by atoms with Crippen LogP contribution in [0, 0.1) is 0 Å². The van der Waals surface area contributed by atoms with Crippen LogP contribution in [0.4, 0.5) is 4.79 Å². The Bertz CT molecular complexity index is 582. The fourth-order valence-electron chi connectivity index (χ4n) is 4.14. The third-order valence-electron chi connectivity index (χ3n) is 5.84. The van der Waals surface area contributed by atoms with Gasteiger partial charge in [0.05, 0.1) is 12.2 Å². The summed E-state index contributed by atoms with van der Waals surface area (Å²) in [5.41, 5.74) is 1.38. The Labute approximate surface area is 175 Å². The lowest BCUT2D eigenvalue weighted by Crippen LogP contribution is -2.47. The van der Waals surface area contributed by atoms with E-state index in [1.165, 1.54) is 5.56 Å². The number of hydrogen-bond acceptors (Lipinski definition) is 4. The SMILES string of the molecule is CCOCCCNC(=O)N1CCC(OC2CCN(Cc3ccccc3)CC2)CC1. The lowest BCUT2D eigenvalue weighted by atomic mass is 10.0. The molecule has 2 fully saturated rings. The van der Waals surface area contributed by atoms with Crippen LogP contribution in [0.15, 0.2) is 30.3 Å². The maximum Gasteiger partial charge on any atom is 0.317 e. The van der Waals surface area contributed by atoms with Crippen molar-refractivity contribution in [1.29, 1.82) is 0 Å². The smallest absolute Gasteiger partial charge is 0.317 e. The van der Waals surface area contributed by atoms with Crippen LogP contribution in [0.25, 0.3) is 0 Å². The molecule has 6 nitrogen and oxygen atoms in total. The van der Waals surface area contributed by atoms with Gasteiger partial charge in [-0.05, 0) is 44.6 Å². The van der Waals surface area contributed by atoms with Gasteiger partial charge in [0.15, 0.2) is 0 Å². The molecular formula is C23H37N3O3. The summed E-state index contributed by atoms with van der Waals surface area (Å²) in [5.74, 6) is 0. The molecule has 0 spiro atoms. The number of likely N-dealkylation sites (tertiary alicyclic amines) is 2. The molecule has 0 bridgehead atoms. The molecule has 2 heterocycles. The molecule has 29 heavy (non-hydrogen) atoms. The van der Waals surface area contributed by atoms with E-state index < -0.39 is 0 Å². The van der Waals surface area contributed by atoms with Crippen LogP contribution in [0.2, 0.25) is 0 Å². The molecule has 0 aliphatic carbocycles.